The van der Waals surface area contributed by atoms with Crippen molar-refractivity contribution in [2.75, 3.05) is 11.5 Å². The molecule has 4 N–H and O–H groups in total. The van der Waals surface area contributed by atoms with Crippen molar-refractivity contribution in [3.8, 4) is 45.5 Å². The first-order valence-electron chi connectivity index (χ1n) is 10.6. The number of fused-ring (bicyclic) bond motifs is 3. The SMILES string of the molecule is N#CC(C#N)=C1C(=O)c2ccc(-c3cccc(N)c3)cc2-c2cc(-c3cccc(N)c3)ccc21. The normalized spacial score (nSPS) is 11.7. The lowest BCUT2D eigenvalue weighted by atomic mass is 9.78. The summed E-state index contributed by atoms with van der Waals surface area (Å²) in [5, 5.41) is 19.1. The Morgan fingerprint density at radius 2 is 1.06 bits per heavy atom. The van der Waals surface area contributed by atoms with Gasteiger partial charge in [0.25, 0.3) is 0 Å². The average molecular weight is 438 g/mol. The second-order valence-corrected chi connectivity index (χ2v) is 8.07. The molecule has 4 aromatic carbocycles. The third kappa shape index (κ3) is 3.39. The Morgan fingerprint density at radius 3 is 1.56 bits per heavy atom. The van der Waals surface area contributed by atoms with E-state index in [1.807, 2.05) is 84.9 Å². The third-order valence-corrected chi connectivity index (χ3v) is 5.98. The molecule has 0 heterocycles. The summed E-state index contributed by atoms with van der Waals surface area (Å²) in [5.41, 5.74) is 19.4. The van der Waals surface area contributed by atoms with Gasteiger partial charge in [0.1, 0.15) is 17.7 Å². The highest BCUT2D eigenvalue weighted by molar-refractivity contribution is 6.36. The number of nitriles is 2. The van der Waals surface area contributed by atoms with Gasteiger partial charge in [-0.25, -0.2) is 0 Å². The summed E-state index contributed by atoms with van der Waals surface area (Å²) in [5.74, 6) is -0.337. The molecule has 1 aliphatic rings. The first-order valence-corrected chi connectivity index (χ1v) is 10.6. The molecule has 0 unspecified atom stereocenters. The number of rotatable bonds is 2. The Kier molecular flexibility index (Phi) is 4.94. The molecule has 0 saturated carbocycles. The number of allylic oxidation sites excluding steroid dienone is 2. The minimum absolute atomic E-state index is 0.128. The monoisotopic (exact) mass is 438 g/mol. The molecule has 0 aromatic heterocycles. The number of ketones is 1. The molecular formula is C29H18N4O. The van der Waals surface area contributed by atoms with E-state index in [-0.39, 0.29) is 16.9 Å². The van der Waals surface area contributed by atoms with E-state index in [4.69, 9.17) is 11.5 Å². The van der Waals surface area contributed by atoms with E-state index in [0.29, 0.717) is 22.5 Å². The molecule has 0 radical (unpaired) electrons. The molecule has 0 bridgehead atoms. The maximum absolute atomic E-state index is 13.4. The molecule has 5 rings (SSSR count). The number of nitrogens with two attached hydrogens (primary N) is 2. The van der Waals surface area contributed by atoms with Crippen LogP contribution in [0.3, 0.4) is 0 Å². The van der Waals surface area contributed by atoms with Crippen molar-refractivity contribution in [2.45, 2.75) is 0 Å². The molecule has 0 spiro atoms. The van der Waals surface area contributed by atoms with Crippen LogP contribution in [0.4, 0.5) is 11.4 Å². The highest BCUT2D eigenvalue weighted by Crippen LogP contribution is 2.43. The van der Waals surface area contributed by atoms with Crippen LogP contribution in [0.1, 0.15) is 15.9 Å². The number of nitrogens with zero attached hydrogens (tertiary/aromatic N) is 2. The van der Waals surface area contributed by atoms with Gasteiger partial charge in [-0.1, -0.05) is 42.5 Å². The molecule has 0 atom stereocenters. The maximum Gasteiger partial charge on any atom is 0.196 e. The van der Waals surface area contributed by atoms with Crippen LogP contribution in [0, 0.1) is 22.7 Å². The van der Waals surface area contributed by atoms with Crippen molar-refractivity contribution in [2.24, 2.45) is 0 Å². The van der Waals surface area contributed by atoms with Crippen LogP contribution >= 0.6 is 0 Å². The lowest BCUT2D eigenvalue weighted by Gasteiger charge is -2.23. The van der Waals surface area contributed by atoms with Gasteiger partial charge in [-0.05, 0) is 81.4 Å². The van der Waals surface area contributed by atoms with Gasteiger partial charge in [0, 0.05) is 16.9 Å². The van der Waals surface area contributed by atoms with Gasteiger partial charge >= 0.3 is 0 Å². The van der Waals surface area contributed by atoms with Gasteiger partial charge in [-0.15, -0.1) is 0 Å². The van der Waals surface area contributed by atoms with Crippen LogP contribution in [-0.4, -0.2) is 5.78 Å². The first kappa shape index (κ1) is 20.8. The first-order chi connectivity index (χ1) is 16.5. The average Bonchev–Trinajstić information content (AvgIpc) is 2.86. The summed E-state index contributed by atoms with van der Waals surface area (Å²) >= 11 is 0. The van der Waals surface area contributed by atoms with Crippen molar-refractivity contribution < 1.29 is 4.79 Å². The molecule has 0 amide bonds. The van der Waals surface area contributed by atoms with Gasteiger partial charge in [0.2, 0.25) is 0 Å². The second-order valence-electron chi connectivity index (χ2n) is 8.07. The smallest absolute Gasteiger partial charge is 0.196 e. The number of nitrogen functional groups attached to an aromatic ring is 2. The molecular weight excluding hydrogens is 420 g/mol. The zero-order chi connectivity index (χ0) is 23.8. The number of carbonyl (C=O) groups excluding carboxylic acids is 1. The quantitative estimate of drug-likeness (QED) is 0.231. The predicted molar refractivity (Wildman–Crippen MR) is 134 cm³/mol. The van der Waals surface area contributed by atoms with Crippen molar-refractivity contribution >= 4 is 22.7 Å². The van der Waals surface area contributed by atoms with Crippen LogP contribution in [0.2, 0.25) is 0 Å². The van der Waals surface area contributed by atoms with Crippen LogP contribution in [0.5, 0.6) is 0 Å². The second kappa shape index (κ2) is 8.09. The van der Waals surface area contributed by atoms with Gasteiger partial charge < -0.3 is 11.5 Å². The fourth-order valence-corrected chi connectivity index (χ4v) is 4.39. The van der Waals surface area contributed by atoms with E-state index in [9.17, 15) is 15.3 Å². The molecule has 0 saturated heterocycles. The van der Waals surface area contributed by atoms with Crippen molar-refractivity contribution in [1.82, 2.24) is 0 Å². The standard InChI is InChI=1S/C29H18N4O/c30-15-21(16-31)28-24-9-7-19(17-3-1-5-22(32)11-17)13-26(24)27-14-20(8-10-25(27)29(28)34)18-4-2-6-23(33)12-18/h1-14H,32-33H2. The molecule has 4 aromatic rings. The lowest BCUT2D eigenvalue weighted by molar-refractivity contribution is 0.105. The largest absolute Gasteiger partial charge is 0.399 e. The van der Waals surface area contributed by atoms with Gasteiger partial charge in [-0.3, -0.25) is 4.79 Å². The van der Waals surface area contributed by atoms with Crippen molar-refractivity contribution in [3.05, 3.63) is 102 Å². The Morgan fingerprint density at radius 1 is 0.588 bits per heavy atom. The number of Topliss-reactive ketones (excluding diaryl/α,β-unsaturated/α-hetero) is 1. The summed E-state index contributed by atoms with van der Waals surface area (Å²) in [6.07, 6.45) is 0. The molecule has 5 heteroatoms. The molecule has 5 nitrogen and oxygen atoms in total. The van der Waals surface area contributed by atoms with E-state index < -0.39 is 0 Å². The fourth-order valence-electron chi connectivity index (χ4n) is 4.39. The maximum atomic E-state index is 13.4. The van der Waals surface area contributed by atoms with E-state index in [0.717, 1.165) is 33.4 Å². The molecule has 0 aliphatic heterocycles. The van der Waals surface area contributed by atoms with Crippen LogP contribution in [0.25, 0.3) is 39.0 Å². The summed E-state index contributed by atoms with van der Waals surface area (Å²) in [6.45, 7) is 0. The minimum Gasteiger partial charge on any atom is -0.399 e. The highest BCUT2D eigenvalue weighted by Gasteiger charge is 2.30. The Bertz CT molecular complexity index is 1600. The van der Waals surface area contributed by atoms with E-state index >= 15 is 0 Å². The van der Waals surface area contributed by atoms with Gasteiger partial charge in [-0.2, -0.15) is 10.5 Å². The zero-order valence-electron chi connectivity index (χ0n) is 18.0. The van der Waals surface area contributed by atoms with Crippen LogP contribution < -0.4 is 11.5 Å². The molecule has 0 fully saturated rings. The van der Waals surface area contributed by atoms with Gasteiger partial charge in [0.05, 0.1) is 5.57 Å². The topological polar surface area (TPSA) is 117 Å². The van der Waals surface area contributed by atoms with Crippen LogP contribution in [0.15, 0.2) is 90.5 Å². The predicted octanol–water partition coefficient (Wildman–Crippen LogP) is 5.85. The summed E-state index contributed by atoms with van der Waals surface area (Å²) in [7, 11) is 0. The number of hydrogen-bond donors (Lipinski definition) is 2. The zero-order valence-corrected chi connectivity index (χ0v) is 18.0. The summed E-state index contributed by atoms with van der Waals surface area (Å²) in [6, 6.07) is 30.1. The summed E-state index contributed by atoms with van der Waals surface area (Å²) in [4.78, 5) is 13.4. The Balaban J connectivity index is 1.80. The molecule has 34 heavy (non-hydrogen) atoms. The van der Waals surface area contributed by atoms with Crippen molar-refractivity contribution in [1.29, 1.82) is 10.5 Å². The van der Waals surface area contributed by atoms with E-state index in [1.54, 1.807) is 12.1 Å². The molecule has 160 valence electrons. The fraction of sp³-hybridized carbons (Fsp3) is 0. The number of benzene rings is 4. The third-order valence-electron chi connectivity index (χ3n) is 5.98. The minimum atomic E-state index is -0.337. The number of anilines is 2. The van der Waals surface area contributed by atoms with E-state index in [2.05, 4.69) is 0 Å². The lowest BCUT2D eigenvalue weighted by Crippen LogP contribution is -2.13. The van der Waals surface area contributed by atoms with Crippen LogP contribution in [-0.2, 0) is 0 Å². The van der Waals surface area contributed by atoms with Gasteiger partial charge in [0.15, 0.2) is 5.78 Å². The number of hydrogen-bond acceptors (Lipinski definition) is 5. The Labute approximate surface area is 196 Å². The Hall–Kier alpha value is -5.13. The molecule has 1 aliphatic carbocycles. The van der Waals surface area contributed by atoms with E-state index in [1.165, 1.54) is 0 Å². The highest BCUT2D eigenvalue weighted by atomic mass is 16.1. The number of carbonyl (C=O) groups is 1. The summed E-state index contributed by atoms with van der Waals surface area (Å²) < 4.78 is 0. The van der Waals surface area contributed by atoms with Crippen molar-refractivity contribution in [3.63, 3.8) is 0 Å².